The number of aliphatic hydroxyl groups is 1. The number of hydrogen-bond acceptors (Lipinski definition) is 2. The zero-order chi connectivity index (χ0) is 8.97. The van der Waals surface area contributed by atoms with Crippen molar-refractivity contribution in [2.75, 3.05) is 13.1 Å². The van der Waals surface area contributed by atoms with Crippen molar-refractivity contribution in [2.24, 2.45) is 11.8 Å². The Morgan fingerprint density at radius 2 is 2.25 bits per heavy atom. The predicted octanol–water partition coefficient (Wildman–Crippen LogP) is 1.39. The summed E-state index contributed by atoms with van der Waals surface area (Å²) >= 11 is 0. The fourth-order valence-corrected chi connectivity index (χ4v) is 2.09. The third-order valence-corrected chi connectivity index (χ3v) is 2.79. The Kier molecular flexibility index (Phi) is 4.02. The molecule has 2 nitrogen and oxygen atoms in total. The molecule has 1 fully saturated rings. The van der Waals surface area contributed by atoms with Gasteiger partial charge in [-0.25, -0.2) is 0 Å². The number of nitrogens with one attached hydrogen (secondary N) is 1. The van der Waals surface area contributed by atoms with Gasteiger partial charge in [-0.1, -0.05) is 26.7 Å². The molecule has 0 saturated carbocycles. The molecule has 0 aromatic carbocycles. The molecule has 72 valence electrons. The van der Waals surface area contributed by atoms with Gasteiger partial charge in [-0.2, -0.15) is 0 Å². The molecule has 2 N–H and O–H groups in total. The summed E-state index contributed by atoms with van der Waals surface area (Å²) in [6.07, 6.45) is 3.65. The lowest BCUT2D eigenvalue weighted by Gasteiger charge is -2.17. The first kappa shape index (κ1) is 10.0. The van der Waals surface area contributed by atoms with Crippen LogP contribution in [0.5, 0.6) is 0 Å². The zero-order valence-corrected chi connectivity index (χ0v) is 8.21. The lowest BCUT2D eigenvalue weighted by Crippen LogP contribution is -2.20. The zero-order valence-electron chi connectivity index (χ0n) is 8.21. The van der Waals surface area contributed by atoms with Crippen LogP contribution in [0, 0.1) is 11.8 Å². The highest BCUT2D eigenvalue weighted by Gasteiger charge is 2.25. The van der Waals surface area contributed by atoms with E-state index in [1.807, 2.05) is 0 Å². The average Bonchev–Trinajstić information content (AvgIpc) is 2.37. The normalized spacial score (nSPS) is 32.2. The topological polar surface area (TPSA) is 32.3 Å². The van der Waals surface area contributed by atoms with Crippen LogP contribution in [-0.2, 0) is 0 Å². The summed E-state index contributed by atoms with van der Waals surface area (Å²) < 4.78 is 0. The van der Waals surface area contributed by atoms with E-state index < -0.39 is 0 Å². The van der Waals surface area contributed by atoms with E-state index in [0.29, 0.717) is 5.92 Å². The Morgan fingerprint density at radius 1 is 1.50 bits per heavy atom. The van der Waals surface area contributed by atoms with Gasteiger partial charge in [0.2, 0.25) is 0 Å². The molecule has 1 unspecified atom stereocenters. The van der Waals surface area contributed by atoms with Crippen molar-refractivity contribution >= 4 is 0 Å². The SMILES string of the molecule is CCCC(C)C[C@@H]1CNC[C@H]1O. The molecule has 1 aliphatic heterocycles. The quantitative estimate of drug-likeness (QED) is 0.670. The van der Waals surface area contributed by atoms with Crippen molar-refractivity contribution in [3.8, 4) is 0 Å². The number of rotatable bonds is 4. The maximum atomic E-state index is 9.54. The van der Waals surface area contributed by atoms with Crippen molar-refractivity contribution in [2.45, 2.75) is 39.2 Å². The van der Waals surface area contributed by atoms with Gasteiger partial charge in [-0.15, -0.1) is 0 Å². The van der Waals surface area contributed by atoms with Gasteiger partial charge in [-0.3, -0.25) is 0 Å². The minimum absolute atomic E-state index is 0.0932. The van der Waals surface area contributed by atoms with E-state index in [4.69, 9.17) is 0 Å². The fraction of sp³-hybridized carbons (Fsp3) is 1.00. The standard InChI is InChI=1S/C10H21NO/c1-3-4-8(2)5-9-6-11-7-10(9)12/h8-12H,3-7H2,1-2H3/t8?,9-,10-/m1/s1. The smallest absolute Gasteiger partial charge is 0.0704 e. The largest absolute Gasteiger partial charge is 0.391 e. The molecular formula is C10H21NO. The summed E-state index contributed by atoms with van der Waals surface area (Å²) in [6.45, 7) is 6.31. The molecule has 3 atom stereocenters. The van der Waals surface area contributed by atoms with Gasteiger partial charge in [0.05, 0.1) is 6.10 Å². The van der Waals surface area contributed by atoms with Crippen LogP contribution in [0.15, 0.2) is 0 Å². The summed E-state index contributed by atoms with van der Waals surface area (Å²) in [5, 5.41) is 12.8. The van der Waals surface area contributed by atoms with Crippen LogP contribution in [-0.4, -0.2) is 24.3 Å². The number of hydrogen-bond donors (Lipinski definition) is 2. The Labute approximate surface area is 75.4 Å². The molecule has 0 spiro atoms. The average molecular weight is 171 g/mol. The van der Waals surface area contributed by atoms with Gasteiger partial charge < -0.3 is 10.4 Å². The lowest BCUT2D eigenvalue weighted by molar-refractivity contribution is 0.132. The first-order valence-electron chi connectivity index (χ1n) is 5.12. The number of aliphatic hydroxyl groups excluding tert-OH is 1. The van der Waals surface area contributed by atoms with Crippen molar-refractivity contribution in [3.05, 3.63) is 0 Å². The second-order valence-corrected chi connectivity index (χ2v) is 4.12. The van der Waals surface area contributed by atoms with Crippen LogP contribution < -0.4 is 5.32 Å². The minimum Gasteiger partial charge on any atom is -0.391 e. The van der Waals surface area contributed by atoms with Crippen LogP contribution in [0.4, 0.5) is 0 Å². The summed E-state index contributed by atoms with van der Waals surface area (Å²) in [5.74, 6) is 1.28. The summed E-state index contributed by atoms with van der Waals surface area (Å²) in [5.41, 5.74) is 0. The summed E-state index contributed by atoms with van der Waals surface area (Å²) in [7, 11) is 0. The van der Waals surface area contributed by atoms with Crippen LogP contribution in [0.1, 0.15) is 33.1 Å². The summed E-state index contributed by atoms with van der Waals surface area (Å²) in [6, 6.07) is 0. The van der Waals surface area contributed by atoms with E-state index in [1.165, 1.54) is 19.3 Å². The van der Waals surface area contributed by atoms with Crippen LogP contribution in [0.25, 0.3) is 0 Å². The highest BCUT2D eigenvalue weighted by Crippen LogP contribution is 2.21. The van der Waals surface area contributed by atoms with Gasteiger partial charge in [-0.05, 0) is 18.3 Å². The molecule has 0 aromatic rings. The van der Waals surface area contributed by atoms with Crippen molar-refractivity contribution in [1.29, 1.82) is 0 Å². The molecule has 12 heavy (non-hydrogen) atoms. The molecular weight excluding hydrogens is 150 g/mol. The Balaban J connectivity index is 2.20. The van der Waals surface area contributed by atoms with Gasteiger partial charge in [0.1, 0.15) is 0 Å². The van der Waals surface area contributed by atoms with Gasteiger partial charge in [0, 0.05) is 13.1 Å². The molecule has 0 amide bonds. The third-order valence-electron chi connectivity index (χ3n) is 2.79. The van der Waals surface area contributed by atoms with E-state index >= 15 is 0 Å². The molecule has 1 aliphatic rings. The molecule has 1 heterocycles. The molecule has 0 radical (unpaired) electrons. The van der Waals surface area contributed by atoms with Gasteiger partial charge in [0.25, 0.3) is 0 Å². The Hall–Kier alpha value is -0.0800. The van der Waals surface area contributed by atoms with E-state index in [0.717, 1.165) is 19.0 Å². The Bertz CT molecular complexity index is 127. The van der Waals surface area contributed by atoms with Gasteiger partial charge >= 0.3 is 0 Å². The first-order chi connectivity index (χ1) is 5.74. The lowest BCUT2D eigenvalue weighted by atomic mass is 9.91. The van der Waals surface area contributed by atoms with Crippen LogP contribution in [0.2, 0.25) is 0 Å². The number of β-amino-alcohol motifs (C(OH)–C–C–N with tert-alkyl or cyclic N) is 1. The molecule has 2 heteroatoms. The molecule has 0 aliphatic carbocycles. The fourth-order valence-electron chi connectivity index (χ4n) is 2.09. The van der Waals surface area contributed by atoms with Gasteiger partial charge in [0.15, 0.2) is 0 Å². The molecule has 1 saturated heterocycles. The minimum atomic E-state index is -0.0932. The van der Waals surface area contributed by atoms with Crippen molar-refractivity contribution < 1.29 is 5.11 Å². The third kappa shape index (κ3) is 2.76. The monoisotopic (exact) mass is 171 g/mol. The van der Waals surface area contributed by atoms with E-state index in [9.17, 15) is 5.11 Å². The van der Waals surface area contributed by atoms with E-state index in [2.05, 4.69) is 19.2 Å². The van der Waals surface area contributed by atoms with Crippen LogP contribution in [0.3, 0.4) is 0 Å². The van der Waals surface area contributed by atoms with E-state index in [1.54, 1.807) is 0 Å². The van der Waals surface area contributed by atoms with Crippen molar-refractivity contribution in [1.82, 2.24) is 5.32 Å². The predicted molar refractivity (Wildman–Crippen MR) is 51.1 cm³/mol. The second-order valence-electron chi connectivity index (χ2n) is 4.12. The highest BCUT2D eigenvalue weighted by atomic mass is 16.3. The Morgan fingerprint density at radius 3 is 2.75 bits per heavy atom. The highest BCUT2D eigenvalue weighted by molar-refractivity contribution is 4.81. The second kappa shape index (κ2) is 4.83. The maximum absolute atomic E-state index is 9.54. The summed E-state index contributed by atoms with van der Waals surface area (Å²) in [4.78, 5) is 0. The molecule has 0 aromatic heterocycles. The first-order valence-corrected chi connectivity index (χ1v) is 5.12. The maximum Gasteiger partial charge on any atom is 0.0704 e. The van der Waals surface area contributed by atoms with Crippen molar-refractivity contribution in [3.63, 3.8) is 0 Å². The van der Waals surface area contributed by atoms with E-state index in [-0.39, 0.29) is 6.10 Å². The molecule has 1 rings (SSSR count). The molecule has 0 bridgehead atoms. The van der Waals surface area contributed by atoms with Crippen LogP contribution >= 0.6 is 0 Å².